The van der Waals surface area contributed by atoms with Crippen molar-refractivity contribution in [1.29, 1.82) is 0 Å². The molecule has 0 saturated carbocycles. The molecule has 0 spiro atoms. The molecule has 1 amide bonds. The van der Waals surface area contributed by atoms with Gasteiger partial charge in [0.25, 0.3) is 5.91 Å². The van der Waals surface area contributed by atoms with Gasteiger partial charge in [-0.3, -0.25) is 9.69 Å². The summed E-state index contributed by atoms with van der Waals surface area (Å²) >= 11 is 1.40. The summed E-state index contributed by atoms with van der Waals surface area (Å²) in [6, 6.07) is 29.2. The fourth-order valence-electron chi connectivity index (χ4n) is 2.67. The van der Waals surface area contributed by atoms with E-state index in [9.17, 15) is 4.79 Å². The van der Waals surface area contributed by atoms with E-state index in [-0.39, 0.29) is 5.91 Å². The summed E-state index contributed by atoms with van der Waals surface area (Å²) in [5.41, 5.74) is 2.64. The van der Waals surface area contributed by atoms with Gasteiger partial charge in [0.15, 0.2) is 5.17 Å². The molecule has 0 bridgehead atoms. The molecule has 0 aromatic heterocycles. The molecule has 0 atom stereocenters. The maximum absolute atomic E-state index is 13.1. The van der Waals surface area contributed by atoms with Crippen LogP contribution in [-0.4, -0.2) is 11.1 Å². The van der Waals surface area contributed by atoms with Crippen LogP contribution in [-0.2, 0) is 4.79 Å². The van der Waals surface area contributed by atoms with E-state index in [1.165, 1.54) is 11.8 Å². The summed E-state index contributed by atoms with van der Waals surface area (Å²) in [6.07, 6.45) is 1.91. The van der Waals surface area contributed by atoms with Gasteiger partial charge in [0, 0.05) is 0 Å². The van der Waals surface area contributed by atoms with Crippen LogP contribution in [0, 0.1) is 0 Å². The molecule has 1 heterocycles. The van der Waals surface area contributed by atoms with Gasteiger partial charge in [-0.2, -0.15) is 0 Å². The number of hydrogen-bond donors (Lipinski definition) is 0. The van der Waals surface area contributed by atoms with Crippen LogP contribution in [0.25, 0.3) is 6.08 Å². The van der Waals surface area contributed by atoms with E-state index in [1.807, 2.05) is 97.1 Å². The zero-order valence-electron chi connectivity index (χ0n) is 13.9. The Balaban J connectivity index is 1.77. The number of amidine groups is 1. The third kappa shape index (κ3) is 3.46. The van der Waals surface area contributed by atoms with Crippen LogP contribution < -0.4 is 4.90 Å². The van der Waals surface area contributed by atoms with Gasteiger partial charge in [0.2, 0.25) is 0 Å². The predicted octanol–water partition coefficient (Wildman–Crippen LogP) is 5.50. The minimum Gasteiger partial charge on any atom is -0.268 e. The van der Waals surface area contributed by atoms with Gasteiger partial charge in [-0.15, -0.1) is 0 Å². The van der Waals surface area contributed by atoms with Crippen LogP contribution in [0.3, 0.4) is 0 Å². The molecule has 126 valence electrons. The highest BCUT2D eigenvalue weighted by Crippen LogP contribution is 2.37. The number of benzene rings is 3. The zero-order valence-corrected chi connectivity index (χ0v) is 14.8. The molecule has 4 heteroatoms. The van der Waals surface area contributed by atoms with Crippen LogP contribution in [0.5, 0.6) is 0 Å². The first-order chi connectivity index (χ1) is 12.8. The quantitative estimate of drug-likeness (QED) is 0.581. The summed E-state index contributed by atoms with van der Waals surface area (Å²) in [5, 5.41) is 0.662. The van der Waals surface area contributed by atoms with E-state index in [2.05, 4.69) is 0 Å². The van der Waals surface area contributed by atoms with E-state index in [1.54, 1.807) is 4.90 Å². The monoisotopic (exact) mass is 356 g/mol. The average molecular weight is 356 g/mol. The Morgan fingerprint density at radius 1 is 0.769 bits per heavy atom. The van der Waals surface area contributed by atoms with Crippen molar-refractivity contribution in [3.63, 3.8) is 0 Å². The number of anilines is 1. The van der Waals surface area contributed by atoms with E-state index >= 15 is 0 Å². The van der Waals surface area contributed by atoms with Crippen LogP contribution >= 0.6 is 11.8 Å². The first-order valence-electron chi connectivity index (χ1n) is 8.29. The van der Waals surface area contributed by atoms with E-state index in [0.29, 0.717) is 10.1 Å². The third-order valence-electron chi connectivity index (χ3n) is 3.90. The molecule has 0 unspecified atom stereocenters. The number of carbonyl (C=O) groups excluding carboxylic acids is 1. The molecule has 1 fully saturated rings. The second-order valence-electron chi connectivity index (χ2n) is 5.73. The first-order valence-corrected chi connectivity index (χ1v) is 9.11. The molecule has 1 aliphatic heterocycles. The Kier molecular flexibility index (Phi) is 4.67. The molecule has 26 heavy (non-hydrogen) atoms. The number of thioether (sulfide) groups is 1. The van der Waals surface area contributed by atoms with Crippen LogP contribution in [0.1, 0.15) is 5.56 Å². The van der Waals surface area contributed by atoms with E-state index < -0.39 is 0 Å². The fraction of sp³-hybridized carbons (Fsp3) is 0. The van der Waals surface area contributed by atoms with Crippen molar-refractivity contribution in [1.82, 2.24) is 0 Å². The Morgan fingerprint density at radius 3 is 2.00 bits per heavy atom. The minimum atomic E-state index is -0.0558. The molecular weight excluding hydrogens is 340 g/mol. The maximum Gasteiger partial charge on any atom is 0.271 e. The van der Waals surface area contributed by atoms with Crippen molar-refractivity contribution in [2.45, 2.75) is 0 Å². The van der Waals surface area contributed by atoms with Gasteiger partial charge in [-0.1, -0.05) is 66.7 Å². The molecule has 0 aliphatic carbocycles. The van der Waals surface area contributed by atoms with Crippen molar-refractivity contribution in [2.75, 3.05) is 4.90 Å². The molecule has 3 aromatic rings. The van der Waals surface area contributed by atoms with Crippen molar-refractivity contribution < 1.29 is 4.79 Å². The lowest BCUT2D eigenvalue weighted by Crippen LogP contribution is -2.28. The maximum atomic E-state index is 13.1. The number of nitrogens with zero attached hydrogens (tertiary/aromatic N) is 2. The SMILES string of the molecule is O=C1/C(=C/c2ccccc2)S/C(=N/c2ccccc2)N1c1ccccc1. The highest BCUT2D eigenvalue weighted by Gasteiger charge is 2.34. The van der Waals surface area contributed by atoms with Gasteiger partial charge >= 0.3 is 0 Å². The summed E-state index contributed by atoms with van der Waals surface area (Å²) in [6.45, 7) is 0. The number of hydrogen-bond acceptors (Lipinski definition) is 3. The van der Waals surface area contributed by atoms with Crippen molar-refractivity contribution in [3.8, 4) is 0 Å². The Labute approximate surface area is 156 Å². The van der Waals surface area contributed by atoms with Gasteiger partial charge in [0.05, 0.1) is 16.3 Å². The topological polar surface area (TPSA) is 32.7 Å². The van der Waals surface area contributed by atoms with Crippen molar-refractivity contribution in [3.05, 3.63) is 101 Å². The van der Waals surface area contributed by atoms with Crippen molar-refractivity contribution >= 4 is 40.3 Å². The lowest BCUT2D eigenvalue weighted by Gasteiger charge is -2.15. The Morgan fingerprint density at radius 2 is 1.35 bits per heavy atom. The number of rotatable bonds is 3. The normalized spacial score (nSPS) is 17.2. The lowest BCUT2D eigenvalue weighted by atomic mass is 10.2. The zero-order chi connectivity index (χ0) is 17.8. The second kappa shape index (κ2) is 7.42. The molecule has 1 aliphatic rings. The van der Waals surface area contributed by atoms with Crippen LogP contribution in [0.2, 0.25) is 0 Å². The van der Waals surface area contributed by atoms with E-state index in [0.717, 1.165) is 16.9 Å². The summed E-state index contributed by atoms with van der Waals surface area (Å²) in [5.74, 6) is -0.0558. The number of para-hydroxylation sites is 2. The highest BCUT2D eigenvalue weighted by molar-refractivity contribution is 8.19. The minimum absolute atomic E-state index is 0.0558. The molecule has 3 nitrogen and oxygen atoms in total. The first kappa shape index (κ1) is 16.4. The van der Waals surface area contributed by atoms with Gasteiger partial charge in [-0.05, 0) is 47.7 Å². The van der Waals surface area contributed by atoms with Crippen LogP contribution in [0.4, 0.5) is 11.4 Å². The fourth-order valence-corrected chi connectivity index (χ4v) is 3.67. The number of aliphatic imine (C=N–C) groups is 1. The average Bonchev–Trinajstić information content (AvgIpc) is 2.99. The van der Waals surface area contributed by atoms with Crippen molar-refractivity contribution in [2.24, 2.45) is 4.99 Å². The Hall–Kier alpha value is -3.11. The number of amides is 1. The molecule has 3 aromatic carbocycles. The summed E-state index contributed by atoms with van der Waals surface area (Å²) < 4.78 is 0. The number of carbonyl (C=O) groups is 1. The third-order valence-corrected chi connectivity index (χ3v) is 4.87. The molecule has 4 rings (SSSR count). The van der Waals surface area contributed by atoms with Gasteiger partial charge in [0.1, 0.15) is 0 Å². The summed E-state index contributed by atoms with van der Waals surface area (Å²) in [7, 11) is 0. The second-order valence-corrected chi connectivity index (χ2v) is 6.74. The Bertz CT molecular complexity index is 967. The smallest absolute Gasteiger partial charge is 0.268 e. The van der Waals surface area contributed by atoms with Gasteiger partial charge in [-0.25, -0.2) is 4.99 Å². The predicted molar refractivity (Wildman–Crippen MR) is 109 cm³/mol. The van der Waals surface area contributed by atoms with E-state index in [4.69, 9.17) is 4.99 Å². The molecule has 0 N–H and O–H groups in total. The highest BCUT2D eigenvalue weighted by atomic mass is 32.2. The lowest BCUT2D eigenvalue weighted by molar-refractivity contribution is -0.113. The summed E-state index contributed by atoms with van der Waals surface area (Å²) in [4.78, 5) is 20.1. The molecule has 0 radical (unpaired) electrons. The molecule has 1 saturated heterocycles. The largest absolute Gasteiger partial charge is 0.271 e. The van der Waals surface area contributed by atoms with Gasteiger partial charge < -0.3 is 0 Å². The standard InChI is InChI=1S/C22H16N2OS/c25-21-20(16-17-10-4-1-5-11-17)26-22(23-18-12-6-2-7-13-18)24(21)19-14-8-3-9-15-19/h1-16H/b20-16-,23-22+. The van der Waals surface area contributed by atoms with Crippen LogP contribution in [0.15, 0.2) is 101 Å². The molecular formula is C22H16N2OS.